The van der Waals surface area contributed by atoms with Gasteiger partial charge in [0, 0.05) is 31.1 Å². The summed E-state index contributed by atoms with van der Waals surface area (Å²) >= 11 is 0. The van der Waals surface area contributed by atoms with E-state index in [0.29, 0.717) is 17.9 Å². The Balaban J connectivity index is 2.17. The van der Waals surface area contributed by atoms with Crippen molar-refractivity contribution in [3.05, 3.63) is 60.2 Å². The Morgan fingerprint density at radius 3 is 2.29 bits per heavy atom. The lowest BCUT2D eigenvalue weighted by Gasteiger charge is -2.32. The number of nitrogens with one attached hydrogen (secondary N) is 1. The highest BCUT2D eigenvalue weighted by Crippen LogP contribution is 2.24. The highest BCUT2D eigenvalue weighted by molar-refractivity contribution is 7.92. The Hall–Kier alpha value is -3.07. The molecule has 2 aromatic carbocycles. The Kier molecular flexibility index (Phi) is 9.71. The summed E-state index contributed by atoms with van der Waals surface area (Å²) in [6, 6.07) is 15.6. The first-order chi connectivity index (χ1) is 16.3. The summed E-state index contributed by atoms with van der Waals surface area (Å²) in [7, 11) is -2.06. The van der Waals surface area contributed by atoms with Gasteiger partial charge in [0.05, 0.1) is 19.1 Å². The Labute approximate surface area is 209 Å². The average Bonchev–Trinajstić information content (AvgIpc) is 2.78. The van der Waals surface area contributed by atoms with Crippen LogP contribution in [0.4, 0.5) is 5.69 Å². The van der Waals surface area contributed by atoms with Gasteiger partial charge in [-0.05, 0) is 51.8 Å². The highest BCUT2D eigenvalue weighted by atomic mass is 32.2. The first-order valence-electron chi connectivity index (χ1n) is 11.6. The van der Waals surface area contributed by atoms with Crippen LogP contribution >= 0.6 is 0 Å². The minimum absolute atomic E-state index is 0.0932. The lowest BCUT2D eigenvalue weighted by molar-refractivity contribution is -0.141. The summed E-state index contributed by atoms with van der Waals surface area (Å²) in [4.78, 5) is 27.7. The molecule has 0 bridgehead atoms. The van der Waals surface area contributed by atoms with Crippen LogP contribution in [0, 0.1) is 0 Å². The molecule has 1 atom stereocenters. The molecule has 1 unspecified atom stereocenters. The molecule has 2 aromatic rings. The fourth-order valence-corrected chi connectivity index (χ4v) is 4.56. The van der Waals surface area contributed by atoms with Crippen LogP contribution in [0.3, 0.4) is 0 Å². The first kappa shape index (κ1) is 28.2. The number of nitrogens with zero attached hydrogens (tertiary/aromatic N) is 2. The molecule has 0 spiro atoms. The van der Waals surface area contributed by atoms with Crippen LogP contribution in [0.1, 0.15) is 46.1 Å². The van der Waals surface area contributed by atoms with Crippen molar-refractivity contribution in [3.8, 4) is 5.75 Å². The summed E-state index contributed by atoms with van der Waals surface area (Å²) in [5.41, 5.74) is 0.947. The van der Waals surface area contributed by atoms with Gasteiger partial charge in [-0.2, -0.15) is 0 Å². The number of sulfonamides is 1. The van der Waals surface area contributed by atoms with Gasteiger partial charge >= 0.3 is 0 Å². The molecule has 9 heteroatoms. The summed E-state index contributed by atoms with van der Waals surface area (Å²) in [6.45, 7) is 7.78. The van der Waals surface area contributed by atoms with Crippen LogP contribution in [0.2, 0.25) is 0 Å². The van der Waals surface area contributed by atoms with E-state index in [1.165, 1.54) is 11.4 Å². The molecule has 0 heterocycles. The maximum absolute atomic E-state index is 13.3. The molecule has 0 radical (unpaired) electrons. The molecule has 1 N–H and O–H groups in total. The third-order valence-corrected chi connectivity index (χ3v) is 6.55. The van der Waals surface area contributed by atoms with E-state index in [0.717, 1.165) is 11.8 Å². The zero-order valence-electron chi connectivity index (χ0n) is 21.4. The molecule has 8 nitrogen and oxygen atoms in total. The predicted molar refractivity (Wildman–Crippen MR) is 139 cm³/mol. The van der Waals surface area contributed by atoms with Crippen LogP contribution in [0.5, 0.6) is 5.75 Å². The maximum atomic E-state index is 13.3. The SMILES string of the molecule is COc1cccc(N(CCCC(=O)N(Cc2ccccc2)C(C)C(=O)NC(C)(C)C)S(C)(=O)=O)c1. The van der Waals surface area contributed by atoms with Gasteiger partial charge in [0.1, 0.15) is 11.8 Å². The van der Waals surface area contributed by atoms with Gasteiger partial charge in [-0.3, -0.25) is 13.9 Å². The van der Waals surface area contributed by atoms with Crippen molar-refractivity contribution in [2.45, 2.75) is 58.7 Å². The molecular formula is C26H37N3O5S. The maximum Gasteiger partial charge on any atom is 0.242 e. The van der Waals surface area contributed by atoms with Crippen molar-refractivity contribution in [2.75, 3.05) is 24.2 Å². The fraction of sp³-hybridized carbons (Fsp3) is 0.462. The van der Waals surface area contributed by atoms with Crippen LogP contribution in [-0.2, 0) is 26.2 Å². The minimum Gasteiger partial charge on any atom is -0.497 e. The topological polar surface area (TPSA) is 96.0 Å². The van der Waals surface area contributed by atoms with Crippen molar-refractivity contribution >= 4 is 27.5 Å². The van der Waals surface area contributed by atoms with Crippen molar-refractivity contribution in [1.29, 1.82) is 0 Å². The largest absolute Gasteiger partial charge is 0.497 e. The zero-order chi connectivity index (χ0) is 26.2. The quantitative estimate of drug-likeness (QED) is 0.506. The van der Waals surface area contributed by atoms with Crippen molar-refractivity contribution in [3.63, 3.8) is 0 Å². The Bertz CT molecular complexity index is 1100. The van der Waals surface area contributed by atoms with E-state index in [9.17, 15) is 18.0 Å². The van der Waals surface area contributed by atoms with Crippen LogP contribution in [-0.4, -0.2) is 56.6 Å². The van der Waals surface area contributed by atoms with Gasteiger partial charge in [0.2, 0.25) is 21.8 Å². The molecule has 0 aliphatic heterocycles. The van der Waals surface area contributed by atoms with Gasteiger partial charge in [-0.15, -0.1) is 0 Å². The van der Waals surface area contributed by atoms with Gasteiger partial charge in [-0.25, -0.2) is 8.42 Å². The molecule has 35 heavy (non-hydrogen) atoms. The monoisotopic (exact) mass is 503 g/mol. The number of rotatable bonds is 11. The van der Waals surface area contributed by atoms with Crippen LogP contribution in [0.15, 0.2) is 54.6 Å². The summed E-state index contributed by atoms with van der Waals surface area (Å²) in [5.74, 6) is 0.0837. The zero-order valence-corrected chi connectivity index (χ0v) is 22.3. The van der Waals surface area contributed by atoms with Gasteiger partial charge in [0.15, 0.2) is 0 Å². The van der Waals surface area contributed by atoms with Crippen molar-refractivity contribution in [1.82, 2.24) is 10.2 Å². The third-order valence-electron chi connectivity index (χ3n) is 5.35. The second kappa shape index (κ2) is 12.1. The van der Waals surface area contributed by atoms with Gasteiger partial charge in [0.25, 0.3) is 0 Å². The van der Waals surface area contributed by atoms with Gasteiger partial charge < -0.3 is 15.0 Å². The van der Waals surface area contributed by atoms with E-state index in [4.69, 9.17) is 4.74 Å². The van der Waals surface area contributed by atoms with Gasteiger partial charge in [-0.1, -0.05) is 36.4 Å². The second-order valence-corrected chi connectivity index (χ2v) is 11.5. The summed E-state index contributed by atoms with van der Waals surface area (Å²) in [6.07, 6.45) is 1.52. The number of methoxy groups -OCH3 is 1. The summed E-state index contributed by atoms with van der Waals surface area (Å²) in [5, 5.41) is 2.93. The second-order valence-electron chi connectivity index (χ2n) is 9.56. The number of amides is 2. The van der Waals surface area contributed by atoms with Crippen molar-refractivity contribution in [2.24, 2.45) is 0 Å². The minimum atomic E-state index is -3.57. The predicted octanol–water partition coefficient (Wildman–Crippen LogP) is 3.57. The first-order valence-corrected chi connectivity index (χ1v) is 13.4. The van der Waals surface area contributed by atoms with Crippen molar-refractivity contribution < 1.29 is 22.7 Å². The molecule has 0 aromatic heterocycles. The lowest BCUT2D eigenvalue weighted by atomic mass is 10.1. The lowest BCUT2D eigenvalue weighted by Crippen LogP contribution is -2.52. The number of hydrogen-bond acceptors (Lipinski definition) is 5. The Morgan fingerprint density at radius 2 is 1.71 bits per heavy atom. The average molecular weight is 504 g/mol. The van der Waals surface area contributed by atoms with E-state index in [1.54, 1.807) is 36.1 Å². The molecule has 0 saturated heterocycles. The highest BCUT2D eigenvalue weighted by Gasteiger charge is 2.28. The van der Waals surface area contributed by atoms with E-state index in [2.05, 4.69) is 5.32 Å². The van der Waals surface area contributed by atoms with E-state index < -0.39 is 21.6 Å². The van der Waals surface area contributed by atoms with Crippen LogP contribution in [0.25, 0.3) is 0 Å². The number of hydrogen-bond donors (Lipinski definition) is 1. The molecule has 192 valence electrons. The number of ether oxygens (including phenoxy) is 1. The molecule has 2 rings (SSSR count). The molecule has 0 aliphatic carbocycles. The normalized spacial score (nSPS) is 12.5. The molecular weight excluding hydrogens is 466 g/mol. The van der Waals surface area contributed by atoms with E-state index >= 15 is 0 Å². The Morgan fingerprint density at radius 1 is 1.06 bits per heavy atom. The molecule has 0 aliphatic rings. The smallest absolute Gasteiger partial charge is 0.242 e. The standard InChI is InChI=1S/C26H37N3O5S/c1-20(25(31)27-26(2,3)4)28(19-21-12-8-7-9-13-21)24(30)16-11-17-29(35(6,32)33)22-14-10-15-23(18-22)34-5/h7-10,12-15,18,20H,11,16-17,19H2,1-6H3,(H,27,31). The van der Waals surface area contributed by atoms with E-state index in [-0.39, 0.29) is 31.3 Å². The van der Waals surface area contributed by atoms with Crippen LogP contribution < -0.4 is 14.4 Å². The fourth-order valence-electron chi connectivity index (χ4n) is 3.61. The number of anilines is 1. The number of carbonyl (C=O) groups is 2. The number of carbonyl (C=O) groups excluding carboxylic acids is 2. The van der Waals surface area contributed by atoms with E-state index in [1.807, 2.05) is 51.1 Å². The number of benzene rings is 2. The third kappa shape index (κ3) is 8.90. The molecule has 0 saturated carbocycles. The molecule has 0 fully saturated rings. The summed E-state index contributed by atoms with van der Waals surface area (Å²) < 4.78 is 31.4. The molecule has 2 amide bonds.